The van der Waals surface area contributed by atoms with Gasteiger partial charge in [-0.2, -0.15) is 6.01 Å². The van der Waals surface area contributed by atoms with Crippen LogP contribution in [0, 0.1) is 0 Å². The molecule has 0 aromatic rings. The molecular formula is C23H40N7O10-. The van der Waals surface area contributed by atoms with E-state index in [2.05, 4.69) is 25.7 Å². The number of hydrogen-bond acceptors (Lipinski definition) is 11. The van der Waals surface area contributed by atoms with Gasteiger partial charge in [-0.1, -0.05) is 5.11 Å². The van der Waals surface area contributed by atoms with Gasteiger partial charge in [-0.05, 0) is 31.3 Å². The molecule has 3 N–H and O–H groups in total. The SMILES string of the molecule is [N-]=C=NCCOCCOCCOCC(=O)NC(CCCCNC(=O)COCCOCCOCCN=[N+]=[N-])C(=O)O. The maximum Gasteiger partial charge on any atom is 0.326 e. The molecule has 0 aliphatic rings. The zero-order valence-corrected chi connectivity index (χ0v) is 22.7. The Hall–Kier alpha value is -3.14. The Labute approximate surface area is 233 Å². The van der Waals surface area contributed by atoms with E-state index in [4.69, 9.17) is 39.4 Å². The summed E-state index contributed by atoms with van der Waals surface area (Å²) in [6.45, 7) is 3.45. The van der Waals surface area contributed by atoms with Gasteiger partial charge in [-0.15, -0.1) is 0 Å². The van der Waals surface area contributed by atoms with Crippen LogP contribution in [0.4, 0.5) is 0 Å². The predicted molar refractivity (Wildman–Crippen MR) is 141 cm³/mol. The highest BCUT2D eigenvalue weighted by Crippen LogP contribution is 2.01. The fourth-order valence-corrected chi connectivity index (χ4v) is 2.77. The monoisotopic (exact) mass is 574 g/mol. The average Bonchev–Trinajstić information content (AvgIpc) is 2.93. The van der Waals surface area contributed by atoms with E-state index in [1.165, 1.54) is 0 Å². The second kappa shape index (κ2) is 28.9. The molecule has 228 valence electrons. The molecule has 17 nitrogen and oxygen atoms in total. The van der Waals surface area contributed by atoms with E-state index in [1.807, 2.05) is 0 Å². The summed E-state index contributed by atoms with van der Waals surface area (Å²) in [4.78, 5) is 41.2. The summed E-state index contributed by atoms with van der Waals surface area (Å²) in [5.74, 6) is -2.01. The molecule has 0 spiro atoms. The van der Waals surface area contributed by atoms with Crippen molar-refractivity contribution in [3.05, 3.63) is 15.9 Å². The van der Waals surface area contributed by atoms with Crippen molar-refractivity contribution < 1.29 is 47.9 Å². The number of carbonyl (C=O) groups is 3. The molecule has 0 fully saturated rings. The number of aliphatic carboxylic acids is 1. The predicted octanol–water partition coefficient (Wildman–Crippen LogP) is -0.00450. The lowest BCUT2D eigenvalue weighted by Crippen LogP contribution is -2.42. The number of carboxylic acids is 1. The van der Waals surface area contributed by atoms with Crippen molar-refractivity contribution >= 4 is 23.8 Å². The molecule has 0 bridgehead atoms. The quantitative estimate of drug-likeness (QED) is 0.0355. The van der Waals surface area contributed by atoms with Gasteiger partial charge in [0.1, 0.15) is 19.3 Å². The van der Waals surface area contributed by atoms with Crippen LogP contribution >= 0.6 is 0 Å². The van der Waals surface area contributed by atoms with Crippen molar-refractivity contribution in [2.75, 3.05) is 98.9 Å². The Morgan fingerprint density at radius 1 is 0.775 bits per heavy atom. The van der Waals surface area contributed by atoms with Crippen LogP contribution in [0.5, 0.6) is 0 Å². The third kappa shape index (κ3) is 26.5. The Bertz CT molecular complexity index is 777. The van der Waals surface area contributed by atoms with Gasteiger partial charge in [-0.3, -0.25) is 9.59 Å². The fraction of sp³-hybridized carbons (Fsp3) is 0.826. The molecule has 0 aromatic carbocycles. The molecule has 0 aromatic heterocycles. The second-order valence-electron chi connectivity index (χ2n) is 7.79. The smallest absolute Gasteiger partial charge is 0.326 e. The van der Waals surface area contributed by atoms with E-state index in [0.29, 0.717) is 72.2 Å². The zero-order valence-electron chi connectivity index (χ0n) is 22.7. The van der Waals surface area contributed by atoms with Crippen LogP contribution in [0.3, 0.4) is 0 Å². The Morgan fingerprint density at radius 3 is 1.85 bits per heavy atom. The molecule has 0 aliphatic carbocycles. The summed E-state index contributed by atoms with van der Waals surface area (Å²) in [5, 5.41) is 26.0. The first-order valence-corrected chi connectivity index (χ1v) is 12.8. The number of carbonyl (C=O) groups excluding carboxylic acids is 2. The van der Waals surface area contributed by atoms with Crippen molar-refractivity contribution in [3.8, 4) is 0 Å². The minimum Gasteiger partial charge on any atom is -0.480 e. The maximum atomic E-state index is 12.0. The first kappa shape index (κ1) is 36.9. The van der Waals surface area contributed by atoms with Crippen molar-refractivity contribution in [3.63, 3.8) is 0 Å². The van der Waals surface area contributed by atoms with Crippen molar-refractivity contribution in [1.82, 2.24) is 10.6 Å². The molecule has 0 radical (unpaired) electrons. The number of nitrogens with zero attached hydrogens (tertiary/aromatic N) is 5. The molecular weight excluding hydrogens is 534 g/mol. The summed E-state index contributed by atoms with van der Waals surface area (Å²) in [5.41, 5.74) is 8.12. The number of rotatable bonds is 29. The third-order valence-corrected chi connectivity index (χ3v) is 4.65. The Morgan fingerprint density at radius 2 is 1.30 bits per heavy atom. The van der Waals surface area contributed by atoms with Crippen LogP contribution in [0.1, 0.15) is 19.3 Å². The van der Waals surface area contributed by atoms with Gasteiger partial charge in [0.15, 0.2) is 0 Å². The molecule has 0 aliphatic heterocycles. The number of unbranched alkanes of at least 4 members (excludes halogenated alkanes) is 1. The van der Waals surface area contributed by atoms with Gasteiger partial charge in [0.2, 0.25) is 11.8 Å². The molecule has 17 heteroatoms. The highest BCUT2D eigenvalue weighted by atomic mass is 16.5. The molecule has 40 heavy (non-hydrogen) atoms. The number of aliphatic imine (C=N–C) groups is 1. The molecule has 0 saturated carbocycles. The largest absolute Gasteiger partial charge is 0.480 e. The number of hydrogen-bond donors (Lipinski definition) is 3. The summed E-state index contributed by atoms with van der Waals surface area (Å²) in [7, 11) is 0. The second-order valence-corrected chi connectivity index (χ2v) is 7.79. The molecule has 1 unspecified atom stereocenters. The summed E-state index contributed by atoms with van der Waals surface area (Å²) in [6, 6.07) is 0.595. The molecule has 0 saturated heterocycles. The van der Waals surface area contributed by atoms with E-state index in [9.17, 15) is 19.5 Å². The lowest BCUT2D eigenvalue weighted by molar-refractivity contribution is -0.142. The number of azide groups is 1. The van der Waals surface area contributed by atoms with Crippen LogP contribution in [0.2, 0.25) is 0 Å². The van der Waals surface area contributed by atoms with Crippen LogP contribution < -0.4 is 10.6 Å². The van der Waals surface area contributed by atoms with Crippen LogP contribution in [-0.4, -0.2) is 134 Å². The lowest BCUT2D eigenvalue weighted by atomic mass is 10.1. The van der Waals surface area contributed by atoms with Crippen molar-refractivity contribution in [1.29, 1.82) is 0 Å². The number of carboxylic acid groups (broad SMARTS) is 1. The Balaban J connectivity index is 3.68. The van der Waals surface area contributed by atoms with E-state index in [1.54, 1.807) is 6.01 Å². The van der Waals surface area contributed by atoms with Gasteiger partial charge >= 0.3 is 5.97 Å². The van der Waals surface area contributed by atoms with E-state index < -0.39 is 17.9 Å². The number of ether oxygens (including phenoxy) is 6. The van der Waals surface area contributed by atoms with Crippen LogP contribution in [0.25, 0.3) is 15.9 Å². The van der Waals surface area contributed by atoms with Gasteiger partial charge in [0.05, 0.1) is 59.5 Å². The number of amides is 2. The lowest BCUT2D eigenvalue weighted by Gasteiger charge is -2.15. The van der Waals surface area contributed by atoms with Gasteiger partial charge in [0, 0.05) is 24.6 Å². The molecule has 1 atom stereocenters. The highest BCUT2D eigenvalue weighted by molar-refractivity contribution is 5.84. The zero-order chi connectivity index (χ0) is 29.5. The number of nitrogens with one attached hydrogen (secondary N) is 2. The molecule has 0 rings (SSSR count). The minimum atomic E-state index is -1.15. The van der Waals surface area contributed by atoms with Gasteiger partial charge < -0.3 is 54.6 Å². The maximum absolute atomic E-state index is 12.0. The van der Waals surface area contributed by atoms with E-state index >= 15 is 0 Å². The fourth-order valence-electron chi connectivity index (χ4n) is 2.77. The van der Waals surface area contributed by atoms with Crippen molar-refractivity contribution in [2.45, 2.75) is 25.3 Å². The molecule has 0 heterocycles. The van der Waals surface area contributed by atoms with E-state index in [0.717, 1.165) is 0 Å². The standard InChI is InChI=1S/C23H40N7O10/c24-19-26-5-7-35-9-11-37-14-16-40-18-22(32)29-20(23(33)34)3-1-2-4-27-21(31)17-39-15-13-38-12-10-36-8-6-28-30-25/h20H,1-18H2,(H,27,31)(H,29,32)(H,33,34)/q-1. The van der Waals surface area contributed by atoms with Crippen LogP contribution in [-0.2, 0) is 42.8 Å². The van der Waals surface area contributed by atoms with Crippen LogP contribution in [0.15, 0.2) is 10.1 Å². The van der Waals surface area contributed by atoms with Crippen molar-refractivity contribution in [2.24, 2.45) is 10.1 Å². The first-order chi connectivity index (χ1) is 19.5. The summed E-state index contributed by atoms with van der Waals surface area (Å²) >= 11 is 0. The topological polar surface area (TPSA) is 234 Å². The average molecular weight is 575 g/mol. The molecule has 2 amide bonds. The summed E-state index contributed by atoms with van der Waals surface area (Å²) in [6.07, 6.45) is 1.20. The normalized spacial score (nSPS) is 11.2. The van der Waals surface area contributed by atoms with Gasteiger partial charge in [-0.25, -0.2) is 4.79 Å². The highest BCUT2D eigenvalue weighted by Gasteiger charge is 2.19. The van der Waals surface area contributed by atoms with Gasteiger partial charge in [0.25, 0.3) is 0 Å². The summed E-state index contributed by atoms with van der Waals surface area (Å²) < 4.78 is 31.3. The minimum absolute atomic E-state index is 0.126. The third-order valence-electron chi connectivity index (χ3n) is 4.65. The first-order valence-electron chi connectivity index (χ1n) is 12.8. The Kier molecular flexibility index (Phi) is 26.6. The van der Waals surface area contributed by atoms with E-state index in [-0.39, 0.29) is 51.9 Å².